The van der Waals surface area contributed by atoms with Crippen LogP contribution in [0.5, 0.6) is 0 Å². The SMILES string of the molecule is N#Cc1ccc(NC(=O)CCN2CCCC(C(=O)NC3CCCCC3)C2)cc1Cl. The average molecular weight is 417 g/mol. The second-order valence-electron chi connectivity index (χ2n) is 8.09. The number of nitriles is 1. The number of hydrogen-bond donors (Lipinski definition) is 2. The summed E-state index contributed by atoms with van der Waals surface area (Å²) in [5.74, 6) is 0.101. The van der Waals surface area contributed by atoms with E-state index in [1.54, 1.807) is 18.2 Å². The van der Waals surface area contributed by atoms with Crippen LogP contribution in [0, 0.1) is 17.2 Å². The largest absolute Gasteiger partial charge is 0.353 e. The molecule has 1 aliphatic carbocycles. The van der Waals surface area contributed by atoms with Crippen LogP contribution in [-0.4, -0.2) is 42.4 Å². The van der Waals surface area contributed by atoms with Crippen molar-refractivity contribution in [3.05, 3.63) is 28.8 Å². The number of halogens is 1. The van der Waals surface area contributed by atoms with E-state index < -0.39 is 0 Å². The van der Waals surface area contributed by atoms with Crippen LogP contribution < -0.4 is 10.6 Å². The zero-order valence-corrected chi connectivity index (χ0v) is 17.5. The normalized spacial score (nSPS) is 20.6. The number of nitrogens with zero attached hydrogens (tertiary/aromatic N) is 2. The third kappa shape index (κ3) is 6.45. The summed E-state index contributed by atoms with van der Waals surface area (Å²) < 4.78 is 0. The highest BCUT2D eigenvalue weighted by Gasteiger charge is 2.27. The summed E-state index contributed by atoms with van der Waals surface area (Å²) in [6, 6.07) is 7.20. The maximum absolute atomic E-state index is 12.6. The molecule has 1 saturated heterocycles. The molecular formula is C22H29ClN4O2. The Hall–Kier alpha value is -2.10. The van der Waals surface area contributed by atoms with Crippen molar-refractivity contribution in [2.75, 3.05) is 25.0 Å². The van der Waals surface area contributed by atoms with E-state index in [0.717, 1.165) is 32.2 Å². The lowest BCUT2D eigenvalue weighted by Crippen LogP contribution is -2.46. The summed E-state index contributed by atoms with van der Waals surface area (Å²) >= 11 is 6.01. The maximum Gasteiger partial charge on any atom is 0.225 e. The van der Waals surface area contributed by atoms with Gasteiger partial charge in [-0.2, -0.15) is 5.26 Å². The first-order chi connectivity index (χ1) is 14.0. The summed E-state index contributed by atoms with van der Waals surface area (Å²) in [5, 5.41) is 15.3. The summed E-state index contributed by atoms with van der Waals surface area (Å²) in [4.78, 5) is 27.1. The fourth-order valence-electron chi connectivity index (χ4n) is 4.21. The van der Waals surface area contributed by atoms with Crippen molar-refractivity contribution in [2.24, 2.45) is 5.92 Å². The third-order valence-corrected chi connectivity index (χ3v) is 6.17. The second kappa shape index (κ2) is 10.6. The van der Waals surface area contributed by atoms with Crippen LogP contribution in [-0.2, 0) is 9.59 Å². The molecule has 1 aromatic rings. The highest BCUT2D eigenvalue weighted by atomic mass is 35.5. The van der Waals surface area contributed by atoms with E-state index in [1.165, 1.54) is 19.3 Å². The van der Waals surface area contributed by atoms with Gasteiger partial charge in [-0.3, -0.25) is 9.59 Å². The van der Waals surface area contributed by atoms with Gasteiger partial charge in [-0.1, -0.05) is 30.9 Å². The van der Waals surface area contributed by atoms with Gasteiger partial charge < -0.3 is 15.5 Å². The highest BCUT2D eigenvalue weighted by Crippen LogP contribution is 2.22. The Morgan fingerprint density at radius 2 is 1.97 bits per heavy atom. The fraction of sp³-hybridized carbons (Fsp3) is 0.591. The van der Waals surface area contributed by atoms with E-state index in [4.69, 9.17) is 16.9 Å². The van der Waals surface area contributed by atoms with Gasteiger partial charge in [0.25, 0.3) is 0 Å². The minimum atomic E-state index is -0.0976. The molecule has 2 fully saturated rings. The van der Waals surface area contributed by atoms with Gasteiger partial charge in [0.1, 0.15) is 6.07 Å². The van der Waals surface area contributed by atoms with Crippen LogP contribution in [0.15, 0.2) is 18.2 Å². The monoisotopic (exact) mass is 416 g/mol. The molecule has 0 spiro atoms. The number of amides is 2. The van der Waals surface area contributed by atoms with Gasteiger partial charge in [0.2, 0.25) is 11.8 Å². The number of nitrogens with one attached hydrogen (secondary N) is 2. The lowest BCUT2D eigenvalue weighted by molar-refractivity contribution is -0.127. The van der Waals surface area contributed by atoms with Gasteiger partial charge in [-0.05, 0) is 50.4 Å². The quantitative estimate of drug-likeness (QED) is 0.740. The first-order valence-corrected chi connectivity index (χ1v) is 10.9. The number of carbonyl (C=O) groups is 2. The molecule has 1 unspecified atom stereocenters. The molecule has 0 aromatic heterocycles. The molecule has 0 radical (unpaired) electrons. The zero-order valence-electron chi connectivity index (χ0n) is 16.8. The van der Waals surface area contributed by atoms with Crippen molar-refractivity contribution in [3.8, 4) is 6.07 Å². The molecule has 7 heteroatoms. The number of likely N-dealkylation sites (tertiary alicyclic amines) is 1. The Labute approximate surface area is 177 Å². The van der Waals surface area contributed by atoms with Crippen LogP contribution in [0.25, 0.3) is 0 Å². The predicted molar refractivity (Wildman–Crippen MR) is 114 cm³/mol. The lowest BCUT2D eigenvalue weighted by Gasteiger charge is -2.33. The topological polar surface area (TPSA) is 85.2 Å². The molecule has 1 aliphatic heterocycles. The number of benzene rings is 1. The Morgan fingerprint density at radius 1 is 1.17 bits per heavy atom. The highest BCUT2D eigenvalue weighted by molar-refractivity contribution is 6.32. The third-order valence-electron chi connectivity index (χ3n) is 5.86. The summed E-state index contributed by atoms with van der Waals surface area (Å²) in [6.07, 6.45) is 8.15. The number of anilines is 1. The van der Waals surface area contributed by atoms with Crippen molar-refractivity contribution in [1.29, 1.82) is 5.26 Å². The summed E-state index contributed by atoms with van der Waals surface area (Å²) in [6.45, 7) is 2.26. The Bertz CT molecular complexity index is 771. The van der Waals surface area contributed by atoms with E-state index >= 15 is 0 Å². The minimum absolute atomic E-state index is 0.0195. The first-order valence-electron chi connectivity index (χ1n) is 10.6. The minimum Gasteiger partial charge on any atom is -0.353 e. The average Bonchev–Trinajstić information content (AvgIpc) is 2.73. The molecule has 1 heterocycles. The molecule has 156 valence electrons. The van der Waals surface area contributed by atoms with Crippen molar-refractivity contribution in [2.45, 2.75) is 57.4 Å². The van der Waals surface area contributed by atoms with Crippen LogP contribution >= 0.6 is 11.6 Å². The number of rotatable bonds is 6. The molecule has 3 rings (SSSR count). The number of hydrogen-bond acceptors (Lipinski definition) is 4. The van der Waals surface area contributed by atoms with Gasteiger partial charge in [0.15, 0.2) is 0 Å². The first kappa shape index (κ1) is 21.6. The molecule has 2 amide bonds. The zero-order chi connectivity index (χ0) is 20.6. The van der Waals surface area contributed by atoms with Gasteiger partial charge in [-0.15, -0.1) is 0 Å². The van der Waals surface area contributed by atoms with Crippen molar-refractivity contribution < 1.29 is 9.59 Å². The molecule has 1 aromatic carbocycles. The second-order valence-corrected chi connectivity index (χ2v) is 8.50. The van der Waals surface area contributed by atoms with E-state index in [1.807, 2.05) is 6.07 Å². The Morgan fingerprint density at radius 3 is 2.69 bits per heavy atom. The molecule has 0 bridgehead atoms. The van der Waals surface area contributed by atoms with Crippen LogP contribution in [0.4, 0.5) is 5.69 Å². The van der Waals surface area contributed by atoms with E-state index in [-0.39, 0.29) is 17.7 Å². The molecule has 2 N–H and O–H groups in total. The van der Waals surface area contributed by atoms with Gasteiger partial charge in [-0.25, -0.2) is 0 Å². The maximum atomic E-state index is 12.6. The molecule has 6 nitrogen and oxygen atoms in total. The standard InChI is InChI=1S/C22H29ClN4O2/c23-20-13-19(9-8-16(20)14-24)25-21(28)10-12-27-11-4-5-17(15-27)22(29)26-18-6-2-1-3-7-18/h8-9,13,17-18H,1-7,10-12,15H2,(H,25,28)(H,26,29). The molecule has 29 heavy (non-hydrogen) atoms. The van der Waals surface area contributed by atoms with Crippen LogP contribution in [0.1, 0.15) is 56.9 Å². The van der Waals surface area contributed by atoms with Gasteiger partial charge >= 0.3 is 0 Å². The van der Waals surface area contributed by atoms with E-state index in [2.05, 4.69) is 15.5 Å². The van der Waals surface area contributed by atoms with Crippen LogP contribution in [0.2, 0.25) is 5.02 Å². The van der Waals surface area contributed by atoms with Gasteiger partial charge in [0, 0.05) is 31.2 Å². The summed E-state index contributed by atoms with van der Waals surface area (Å²) in [7, 11) is 0. The molecule has 1 atom stereocenters. The smallest absolute Gasteiger partial charge is 0.225 e. The molecule has 2 aliphatic rings. The summed E-state index contributed by atoms with van der Waals surface area (Å²) in [5.41, 5.74) is 0.970. The number of piperidine rings is 1. The van der Waals surface area contributed by atoms with Crippen molar-refractivity contribution in [1.82, 2.24) is 10.2 Å². The molecule has 1 saturated carbocycles. The number of carbonyl (C=O) groups excluding carboxylic acids is 2. The Kier molecular flexibility index (Phi) is 7.91. The fourth-order valence-corrected chi connectivity index (χ4v) is 4.43. The Balaban J connectivity index is 1.42. The molecular weight excluding hydrogens is 388 g/mol. The lowest BCUT2D eigenvalue weighted by atomic mass is 9.93. The van der Waals surface area contributed by atoms with Crippen LogP contribution in [0.3, 0.4) is 0 Å². The van der Waals surface area contributed by atoms with E-state index in [9.17, 15) is 9.59 Å². The van der Waals surface area contributed by atoms with Crippen molar-refractivity contribution >= 4 is 29.1 Å². The van der Waals surface area contributed by atoms with Crippen molar-refractivity contribution in [3.63, 3.8) is 0 Å². The predicted octanol–water partition coefficient (Wildman–Crippen LogP) is 3.70. The van der Waals surface area contributed by atoms with E-state index in [0.29, 0.717) is 41.8 Å². The van der Waals surface area contributed by atoms with Gasteiger partial charge in [0.05, 0.1) is 16.5 Å².